The van der Waals surface area contributed by atoms with Gasteiger partial charge in [0, 0.05) is 35.8 Å². The standard InChI is InChI=1S/C15H19ClN4O.ClH/c1-10-7-20(8-11(2)17-10)9-14-18-15(19-21-14)12-4-3-5-13(16)6-12;/h3-6,10-11,17H,7-9H2,1-2H3;1H. The van der Waals surface area contributed by atoms with E-state index in [-0.39, 0.29) is 12.4 Å². The number of rotatable bonds is 3. The van der Waals surface area contributed by atoms with Crippen LogP contribution in [-0.2, 0) is 6.54 Å². The Morgan fingerprint density at radius 2 is 2.05 bits per heavy atom. The van der Waals surface area contributed by atoms with Gasteiger partial charge in [0.2, 0.25) is 11.7 Å². The van der Waals surface area contributed by atoms with Gasteiger partial charge in [-0.05, 0) is 26.0 Å². The summed E-state index contributed by atoms with van der Waals surface area (Å²) < 4.78 is 5.37. The quantitative estimate of drug-likeness (QED) is 0.929. The van der Waals surface area contributed by atoms with Crippen LogP contribution in [0.3, 0.4) is 0 Å². The summed E-state index contributed by atoms with van der Waals surface area (Å²) in [5.41, 5.74) is 0.875. The molecule has 1 saturated heterocycles. The fraction of sp³-hybridized carbons (Fsp3) is 0.467. The lowest BCUT2D eigenvalue weighted by Crippen LogP contribution is -2.53. The second-order valence-electron chi connectivity index (χ2n) is 5.68. The Labute approximate surface area is 141 Å². The highest BCUT2D eigenvalue weighted by molar-refractivity contribution is 6.30. The molecular weight excluding hydrogens is 323 g/mol. The number of benzene rings is 1. The van der Waals surface area contributed by atoms with Gasteiger partial charge < -0.3 is 9.84 Å². The first-order chi connectivity index (χ1) is 10.1. The van der Waals surface area contributed by atoms with Gasteiger partial charge in [0.25, 0.3) is 0 Å². The molecule has 7 heteroatoms. The van der Waals surface area contributed by atoms with Gasteiger partial charge in [0.05, 0.1) is 6.54 Å². The second-order valence-corrected chi connectivity index (χ2v) is 6.12. The van der Waals surface area contributed by atoms with Gasteiger partial charge >= 0.3 is 0 Å². The molecule has 1 aromatic carbocycles. The van der Waals surface area contributed by atoms with Crippen LogP contribution in [0, 0.1) is 0 Å². The lowest BCUT2D eigenvalue weighted by atomic mass is 10.1. The van der Waals surface area contributed by atoms with Gasteiger partial charge in [-0.3, -0.25) is 4.90 Å². The molecular formula is C15H20Cl2N4O. The molecule has 2 heterocycles. The smallest absolute Gasteiger partial charge is 0.241 e. The number of piperazine rings is 1. The van der Waals surface area contributed by atoms with Crippen LogP contribution in [-0.4, -0.2) is 40.2 Å². The van der Waals surface area contributed by atoms with E-state index in [4.69, 9.17) is 16.1 Å². The first kappa shape index (κ1) is 17.2. The Bertz CT molecular complexity index is 609. The van der Waals surface area contributed by atoms with Crippen LogP contribution in [0.4, 0.5) is 0 Å². The third-order valence-electron chi connectivity index (χ3n) is 3.54. The summed E-state index contributed by atoms with van der Waals surface area (Å²) in [6.07, 6.45) is 0. The molecule has 3 rings (SSSR count). The Hall–Kier alpha value is -1.14. The van der Waals surface area contributed by atoms with Gasteiger partial charge in [-0.1, -0.05) is 28.9 Å². The normalized spacial score (nSPS) is 22.3. The van der Waals surface area contributed by atoms with Gasteiger partial charge in [0.15, 0.2) is 0 Å². The van der Waals surface area contributed by atoms with E-state index >= 15 is 0 Å². The first-order valence-electron chi connectivity index (χ1n) is 7.17. The summed E-state index contributed by atoms with van der Waals surface area (Å²) in [5, 5.41) is 8.22. The minimum absolute atomic E-state index is 0. The SMILES string of the molecule is CC1CN(Cc2nc(-c3cccc(Cl)c3)no2)CC(C)N1.Cl. The highest BCUT2D eigenvalue weighted by atomic mass is 35.5. The number of hydrogen-bond acceptors (Lipinski definition) is 5. The minimum Gasteiger partial charge on any atom is -0.338 e. The van der Waals surface area contributed by atoms with E-state index in [2.05, 4.69) is 34.2 Å². The van der Waals surface area contributed by atoms with Crippen molar-refractivity contribution in [3.8, 4) is 11.4 Å². The number of halogens is 2. The van der Waals surface area contributed by atoms with Gasteiger partial charge in [-0.2, -0.15) is 4.98 Å². The van der Waals surface area contributed by atoms with Crippen LogP contribution >= 0.6 is 24.0 Å². The molecule has 1 aromatic heterocycles. The maximum atomic E-state index is 5.99. The zero-order valence-corrected chi connectivity index (χ0v) is 14.2. The molecule has 0 bridgehead atoms. The van der Waals surface area contributed by atoms with E-state index in [1.54, 1.807) is 0 Å². The Kier molecular flexibility index (Phi) is 5.81. The molecule has 2 aromatic rings. The molecule has 0 spiro atoms. The van der Waals surface area contributed by atoms with Crippen molar-refractivity contribution in [3.05, 3.63) is 35.2 Å². The number of nitrogens with one attached hydrogen (secondary N) is 1. The number of nitrogens with zero attached hydrogens (tertiary/aromatic N) is 3. The van der Waals surface area contributed by atoms with Crippen molar-refractivity contribution >= 4 is 24.0 Å². The highest BCUT2D eigenvalue weighted by Gasteiger charge is 2.22. The van der Waals surface area contributed by atoms with Crippen molar-refractivity contribution in [2.45, 2.75) is 32.5 Å². The topological polar surface area (TPSA) is 54.2 Å². The van der Waals surface area contributed by atoms with Gasteiger partial charge in [-0.25, -0.2) is 0 Å². The van der Waals surface area contributed by atoms with Crippen LogP contribution < -0.4 is 5.32 Å². The molecule has 5 nitrogen and oxygen atoms in total. The third kappa shape index (κ3) is 4.20. The second kappa shape index (κ2) is 7.42. The summed E-state index contributed by atoms with van der Waals surface area (Å²) in [6, 6.07) is 8.43. The molecule has 22 heavy (non-hydrogen) atoms. The van der Waals surface area contributed by atoms with E-state index < -0.39 is 0 Å². The van der Waals surface area contributed by atoms with Crippen molar-refractivity contribution in [2.75, 3.05) is 13.1 Å². The largest absolute Gasteiger partial charge is 0.338 e. The maximum Gasteiger partial charge on any atom is 0.241 e. The average Bonchev–Trinajstić information content (AvgIpc) is 2.86. The van der Waals surface area contributed by atoms with Crippen molar-refractivity contribution in [2.24, 2.45) is 0 Å². The molecule has 0 amide bonds. The first-order valence-corrected chi connectivity index (χ1v) is 7.55. The van der Waals surface area contributed by atoms with Crippen LogP contribution in [0.1, 0.15) is 19.7 Å². The van der Waals surface area contributed by atoms with E-state index in [0.29, 0.717) is 35.4 Å². The van der Waals surface area contributed by atoms with Crippen LogP contribution in [0.15, 0.2) is 28.8 Å². The van der Waals surface area contributed by atoms with Gasteiger partial charge in [-0.15, -0.1) is 12.4 Å². The van der Waals surface area contributed by atoms with Gasteiger partial charge in [0.1, 0.15) is 0 Å². The minimum atomic E-state index is 0. The van der Waals surface area contributed by atoms with Crippen molar-refractivity contribution in [1.82, 2.24) is 20.4 Å². The van der Waals surface area contributed by atoms with Crippen molar-refractivity contribution in [3.63, 3.8) is 0 Å². The fourth-order valence-electron chi connectivity index (χ4n) is 2.82. The Balaban J connectivity index is 0.00000176. The van der Waals surface area contributed by atoms with Crippen LogP contribution in [0.5, 0.6) is 0 Å². The zero-order valence-electron chi connectivity index (χ0n) is 12.6. The molecule has 120 valence electrons. The summed E-state index contributed by atoms with van der Waals surface area (Å²) in [4.78, 5) is 6.80. The maximum absolute atomic E-state index is 5.99. The third-order valence-corrected chi connectivity index (χ3v) is 3.78. The van der Waals surface area contributed by atoms with E-state index in [1.807, 2.05) is 24.3 Å². The lowest BCUT2D eigenvalue weighted by molar-refractivity contribution is 0.149. The van der Waals surface area contributed by atoms with E-state index in [9.17, 15) is 0 Å². The molecule has 0 radical (unpaired) electrons. The van der Waals surface area contributed by atoms with E-state index in [0.717, 1.165) is 18.7 Å². The number of aromatic nitrogens is 2. The summed E-state index contributed by atoms with van der Waals surface area (Å²) in [6.45, 7) is 7.03. The number of hydrogen-bond donors (Lipinski definition) is 1. The monoisotopic (exact) mass is 342 g/mol. The molecule has 0 aliphatic carbocycles. The Morgan fingerprint density at radius 3 is 2.73 bits per heavy atom. The average molecular weight is 343 g/mol. The molecule has 1 aliphatic heterocycles. The molecule has 1 aliphatic rings. The zero-order chi connectivity index (χ0) is 14.8. The van der Waals surface area contributed by atoms with E-state index in [1.165, 1.54) is 0 Å². The van der Waals surface area contributed by atoms with Crippen LogP contribution in [0.25, 0.3) is 11.4 Å². The summed E-state index contributed by atoms with van der Waals surface area (Å²) in [7, 11) is 0. The summed E-state index contributed by atoms with van der Waals surface area (Å²) in [5.74, 6) is 1.23. The highest BCUT2D eigenvalue weighted by Crippen LogP contribution is 2.20. The van der Waals surface area contributed by atoms with Crippen molar-refractivity contribution in [1.29, 1.82) is 0 Å². The molecule has 2 unspecified atom stereocenters. The Morgan fingerprint density at radius 1 is 1.32 bits per heavy atom. The molecule has 0 saturated carbocycles. The predicted octanol–water partition coefficient (Wildman–Crippen LogP) is 2.99. The predicted molar refractivity (Wildman–Crippen MR) is 89.3 cm³/mol. The molecule has 1 N–H and O–H groups in total. The van der Waals surface area contributed by atoms with Crippen molar-refractivity contribution < 1.29 is 4.52 Å². The fourth-order valence-corrected chi connectivity index (χ4v) is 3.01. The van der Waals surface area contributed by atoms with Crippen LogP contribution in [0.2, 0.25) is 5.02 Å². The lowest BCUT2D eigenvalue weighted by Gasteiger charge is -2.35. The molecule has 1 fully saturated rings. The molecule has 2 atom stereocenters. The summed E-state index contributed by atoms with van der Waals surface area (Å²) >= 11 is 5.99.